The van der Waals surface area contributed by atoms with Gasteiger partial charge in [0.25, 0.3) is 0 Å². The maximum atomic E-state index is 11.7. The fourth-order valence-corrected chi connectivity index (χ4v) is 2.53. The number of hydrogen-bond acceptors (Lipinski definition) is 2. The Morgan fingerprint density at radius 1 is 1.38 bits per heavy atom. The van der Waals surface area contributed by atoms with Gasteiger partial charge < -0.3 is 4.74 Å². The molecule has 2 heterocycles. The average molecular weight is 182 g/mol. The van der Waals surface area contributed by atoms with Gasteiger partial charge in [-0.15, -0.1) is 0 Å². The summed E-state index contributed by atoms with van der Waals surface area (Å²) in [5, 5.41) is 0. The molecule has 1 aliphatic carbocycles. The van der Waals surface area contributed by atoms with Gasteiger partial charge in [-0.25, -0.2) is 0 Å². The molecule has 2 saturated heterocycles. The van der Waals surface area contributed by atoms with E-state index in [9.17, 15) is 4.79 Å². The summed E-state index contributed by atoms with van der Waals surface area (Å²) in [5.41, 5.74) is -0.156. The second kappa shape index (κ2) is 3.00. The highest BCUT2D eigenvalue weighted by atomic mass is 16.5. The number of carbonyl (C=O) groups excluding carboxylic acids is 1. The third-order valence-corrected chi connectivity index (χ3v) is 3.75. The van der Waals surface area contributed by atoms with Crippen LogP contribution < -0.4 is 0 Å². The van der Waals surface area contributed by atoms with E-state index in [-0.39, 0.29) is 17.5 Å². The first kappa shape index (κ1) is 9.04. The number of hydrogen-bond donors (Lipinski definition) is 0. The van der Waals surface area contributed by atoms with Crippen molar-refractivity contribution in [2.75, 3.05) is 0 Å². The van der Waals surface area contributed by atoms with E-state index in [1.54, 1.807) is 0 Å². The molecule has 13 heavy (non-hydrogen) atoms. The minimum Gasteiger partial charge on any atom is -0.462 e. The predicted octanol–water partition coefficient (Wildman–Crippen LogP) is 2.52. The molecule has 2 heteroatoms. The molecule has 0 amide bonds. The standard InChI is InChI=1S/C11H18O2/c1-8-4-3-6-11(2)7-5-9(8)13-10(11)12/h8-9H,3-7H2,1-2H3/t8?,9?,11-/m0/s1. The van der Waals surface area contributed by atoms with Gasteiger partial charge in [-0.2, -0.15) is 0 Å². The van der Waals surface area contributed by atoms with Gasteiger partial charge in [0.15, 0.2) is 0 Å². The summed E-state index contributed by atoms with van der Waals surface area (Å²) in [5.74, 6) is 0.615. The molecular weight excluding hydrogens is 164 g/mol. The lowest BCUT2D eigenvalue weighted by atomic mass is 9.73. The molecule has 74 valence electrons. The SMILES string of the molecule is CC1CCC[C@@]2(C)CCC1OC2=O. The van der Waals surface area contributed by atoms with E-state index < -0.39 is 0 Å². The van der Waals surface area contributed by atoms with Crippen molar-refractivity contribution >= 4 is 5.97 Å². The molecule has 0 aromatic heterocycles. The Balaban J connectivity index is 2.19. The van der Waals surface area contributed by atoms with Crippen LogP contribution >= 0.6 is 0 Å². The first-order chi connectivity index (χ1) is 6.12. The second-order valence-corrected chi connectivity index (χ2v) is 4.91. The third-order valence-electron chi connectivity index (χ3n) is 3.75. The molecule has 0 aromatic carbocycles. The Bertz CT molecular complexity index is 220. The summed E-state index contributed by atoms with van der Waals surface area (Å²) in [4.78, 5) is 11.7. The second-order valence-electron chi connectivity index (χ2n) is 4.91. The number of rotatable bonds is 0. The zero-order chi connectivity index (χ0) is 9.47. The molecule has 3 aliphatic rings. The van der Waals surface area contributed by atoms with Crippen LogP contribution in [0.2, 0.25) is 0 Å². The highest BCUT2D eigenvalue weighted by Gasteiger charge is 2.43. The zero-order valence-electron chi connectivity index (χ0n) is 8.51. The minimum atomic E-state index is -0.156. The molecular formula is C11H18O2. The first-order valence-electron chi connectivity index (χ1n) is 5.33. The summed E-state index contributed by atoms with van der Waals surface area (Å²) >= 11 is 0. The van der Waals surface area contributed by atoms with Gasteiger partial charge in [0.2, 0.25) is 0 Å². The fourth-order valence-electron chi connectivity index (χ4n) is 2.53. The zero-order valence-corrected chi connectivity index (χ0v) is 8.51. The fraction of sp³-hybridized carbons (Fsp3) is 0.909. The van der Waals surface area contributed by atoms with Crippen LogP contribution in [0.4, 0.5) is 0 Å². The van der Waals surface area contributed by atoms with Crippen LogP contribution in [0, 0.1) is 11.3 Å². The summed E-state index contributed by atoms with van der Waals surface area (Å²) < 4.78 is 5.47. The summed E-state index contributed by atoms with van der Waals surface area (Å²) in [7, 11) is 0. The molecule has 0 radical (unpaired) electrons. The van der Waals surface area contributed by atoms with Crippen LogP contribution in [0.1, 0.15) is 46.0 Å². The van der Waals surface area contributed by atoms with Gasteiger partial charge in [0, 0.05) is 0 Å². The van der Waals surface area contributed by atoms with Crippen LogP contribution in [-0.2, 0) is 9.53 Å². The van der Waals surface area contributed by atoms with Crippen molar-refractivity contribution in [2.45, 2.75) is 52.1 Å². The van der Waals surface area contributed by atoms with Crippen molar-refractivity contribution in [1.29, 1.82) is 0 Å². The monoisotopic (exact) mass is 182 g/mol. The van der Waals surface area contributed by atoms with E-state index >= 15 is 0 Å². The number of ether oxygens (including phenoxy) is 1. The van der Waals surface area contributed by atoms with E-state index in [0.29, 0.717) is 5.92 Å². The van der Waals surface area contributed by atoms with Crippen LogP contribution in [0.5, 0.6) is 0 Å². The smallest absolute Gasteiger partial charge is 0.312 e. The molecule has 2 unspecified atom stereocenters. The summed E-state index contributed by atoms with van der Waals surface area (Å²) in [6.07, 6.45) is 5.73. The molecule has 0 N–H and O–H groups in total. The van der Waals surface area contributed by atoms with Gasteiger partial charge in [-0.05, 0) is 38.5 Å². The van der Waals surface area contributed by atoms with Gasteiger partial charge >= 0.3 is 5.97 Å². The van der Waals surface area contributed by atoms with Crippen molar-refractivity contribution < 1.29 is 9.53 Å². The molecule has 3 fully saturated rings. The molecule has 1 saturated carbocycles. The van der Waals surface area contributed by atoms with Crippen LogP contribution in [0.15, 0.2) is 0 Å². The van der Waals surface area contributed by atoms with Crippen molar-refractivity contribution in [2.24, 2.45) is 11.3 Å². The lowest BCUT2D eigenvalue weighted by Crippen LogP contribution is -2.43. The van der Waals surface area contributed by atoms with E-state index in [1.165, 1.54) is 12.8 Å². The number of carbonyl (C=O) groups is 1. The highest BCUT2D eigenvalue weighted by molar-refractivity contribution is 5.77. The van der Waals surface area contributed by atoms with E-state index in [4.69, 9.17) is 4.74 Å². The van der Waals surface area contributed by atoms with Gasteiger partial charge in [-0.1, -0.05) is 13.3 Å². The maximum Gasteiger partial charge on any atom is 0.312 e. The largest absolute Gasteiger partial charge is 0.462 e. The van der Waals surface area contributed by atoms with Crippen molar-refractivity contribution in [3.63, 3.8) is 0 Å². The Hall–Kier alpha value is -0.530. The molecule has 0 spiro atoms. The first-order valence-corrected chi connectivity index (χ1v) is 5.33. The summed E-state index contributed by atoms with van der Waals surface area (Å²) in [6, 6.07) is 0. The van der Waals surface area contributed by atoms with Crippen LogP contribution in [-0.4, -0.2) is 12.1 Å². The third kappa shape index (κ3) is 1.47. The molecule has 2 aliphatic heterocycles. The van der Waals surface area contributed by atoms with Crippen molar-refractivity contribution in [3.05, 3.63) is 0 Å². The van der Waals surface area contributed by atoms with Gasteiger partial charge in [0.1, 0.15) is 6.10 Å². The Labute approximate surface area is 79.7 Å². The number of esters is 1. The van der Waals surface area contributed by atoms with Crippen molar-refractivity contribution in [1.82, 2.24) is 0 Å². The summed E-state index contributed by atoms with van der Waals surface area (Å²) in [6.45, 7) is 4.26. The Morgan fingerprint density at radius 3 is 2.85 bits per heavy atom. The Morgan fingerprint density at radius 2 is 2.15 bits per heavy atom. The maximum absolute atomic E-state index is 11.7. The average Bonchev–Trinajstić information content (AvgIpc) is 2.08. The lowest BCUT2D eigenvalue weighted by molar-refractivity contribution is -0.175. The van der Waals surface area contributed by atoms with Gasteiger partial charge in [-0.3, -0.25) is 4.79 Å². The van der Waals surface area contributed by atoms with Gasteiger partial charge in [0.05, 0.1) is 5.41 Å². The van der Waals surface area contributed by atoms with E-state index in [2.05, 4.69) is 13.8 Å². The van der Waals surface area contributed by atoms with E-state index in [0.717, 1.165) is 19.3 Å². The molecule has 2 bridgehead atoms. The normalized spacial score (nSPS) is 45.2. The molecule has 2 nitrogen and oxygen atoms in total. The quantitative estimate of drug-likeness (QED) is 0.538. The van der Waals surface area contributed by atoms with E-state index in [1.807, 2.05) is 0 Å². The molecule has 3 rings (SSSR count). The Kier molecular flexibility index (Phi) is 2.09. The predicted molar refractivity (Wildman–Crippen MR) is 50.2 cm³/mol. The van der Waals surface area contributed by atoms with Crippen LogP contribution in [0.3, 0.4) is 0 Å². The lowest BCUT2D eigenvalue weighted by Gasteiger charge is -2.40. The van der Waals surface area contributed by atoms with Crippen molar-refractivity contribution in [3.8, 4) is 0 Å². The number of fused-ring (bicyclic) bond motifs is 5. The highest BCUT2D eigenvalue weighted by Crippen LogP contribution is 2.42. The van der Waals surface area contributed by atoms with Crippen LogP contribution in [0.25, 0.3) is 0 Å². The topological polar surface area (TPSA) is 26.3 Å². The molecule has 0 aromatic rings. The minimum absolute atomic E-state index is 0.0512. The molecule has 3 atom stereocenters.